The van der Waals surface area contributed by atoms with Gasteiger partial charge in [0.05, 0.1) is 5.69 Å². The molecule has 0 saturated carbocycles. The fraction of sp³-hybridized carbons (Fsp3) is 0. The predicted molar refractivity (Wildman–Crippen MR) is 194 cm³/mol. The van der Waals surface area contributed by atoms with Crippen LogP contribution in [0.1, 0.15) is 0 Å². The first-order valence-corrected chi connectivity index (χ1v) is 16.1. The molecule has 0 N–H and O–H groups in total. The summed E-state index contributed by atoms with van der Waals surface area (Å²) in [6.45, 7) is 0. The molecule has 7 aromatic carbocycles. The molecule has 0 radical (unpaired) electrons. The molecular weight excluding hydrogens is 611 g/mol. The van der Waals surface area contributed by atoms with Crippen LogP contribution in [0.15, 0.2) is 165 Å². The van der Waals surface area contributed by atoms with Crippen LogP contribution in [0.25, 0.3) is 77.6 Å². The van der Waals surface area contributed by atoms with Gasteiger partial charge in [-0.25, -0.2) is 9.37 Å². The van der Waals surface area contributed by atoms with Gasteiger partial charge in [0.25, 0.3) is 0 Å². The SMILES string of the molecule is Fc1ccc(-c2ccccc2)cc1N(c1ccc2c(c1)oc1cccc(-c3nc4ccccc4o3)c12)c1ccc2oc3ccccc3c2c1. The summed E-state index contributed by atoms with van der Waals surface area (Å²) < 4.78 is 34.9. The molecule has 0 atom stereocenters. The summed E-state index contributed by atoms with van der Waals surface area (Å²) in [4.78, 5) is 6.71. The number of benzene rings is 7. The Morgan fingerprint density at radius 3 is 2.10 bits per heavy atom. The molecule has 3 heterocycles. The van der Waals surface area contributed by atoms with Gasteiger partial charge in [-0.3, -0.25) is 0 Å². The van der Waals surface area contributed by atoms with E-state index in [1.807, 2.05) is 144 Å². The van der Waals surface area contributed by atoms with Crippen molar-refractivity contribution in [2.75, 3.05) is 4.90 Å². The zero-order valence-corrected chi connectivity index (χ0v) is 25.9. The highest BCUT2D eigenvalue weighted by molar-refractivity contribution is 6.13. The number of fused-ring (bicyclic) bond motifs is 7. The van der Waals surface area contributed by atoms with Crippen molar-refractivity contribution < 1.29 is 17.6 Å². The minimum Gasteiger partial charge on any atom is -0.456 e. The summed E-state index contributed by atoms with van der Waals surface area (Å²) in [5.74, 6) is 0.181. The largest absolute Gasteiger partial charge is 0.456 e. The molecule has 5 nitrogen and oxygen atoms in total. The second kappa shape index (κ2) is 10.7. The molecule has 0 spiro atoms. The normalized spacial score (nSPS) is 11.8. The Morgan fingerprint density at radius 2 is 1.20 bits per heavy atom. The summed E-state index contributed by atoms with van der Waals surface area (Å²) in [7, 11) is 0. The van der Waals surface area contributed by atoms with Crippen LogP contribution >= 0.6 is 0 Å². The van der Waals surface area contributed by atoms with Gasteiger partial charge < -0.3 is 18.2 Å². The number of furan rings is 2. The third kappa shape index (κ3) is 4.42. The maximum Gasteiger partial charge on any atom is 0.228 e. The number of hydrogen-bond donors (Lipinski definition) is 0. The number of para-hydroxylation sites is 3. The van der Waals surface area contributed by atoms with E-state index in [-0.39, 0.29) is 5.82 Å². The van der Waals surface area contributed by atoms with E-state index in [0.29, 0.717) is 22.7 Å². The predicted octanol–water partition coefficient (Wildman–Crippen LogP) is 12.6. The molecule has 10 rings (SSSR count). The van der Waals surface area contributed by atoms with Crippen LogP contribution in [0.2, 0.25) is 0 Å². The molecule has 232 valence electrons. The van der Waals surface area contributed by atoms with E-state index in [0.717, 1.165) is 71.9 Å². The lowest BCUT2D eigenvalue weighted by atomic mass is 10.0. The number of nitrogens with zero attached hydrogens (tertiary/aromatic N) is 2. The molecule has 49 heavy (non-hydrogen) atoms. The first-order valence-electron chi connectivity index (χ1n) is 16.1. The average Bonchev–Trinajstić information content (AvgIpc) is 3.86. The molecule has 6 heteroatoms. The topological polar surface area (TPSA) is 55.6 Å². The third-order valence-electron chi connectivity index (χ3n) is 9.18. The number of halogens is 1. The van der Waals surface area contributed by atoms with Gasteiger partial charge in [-0.2, -0.15) is 0 Å². The number of aromatic nitrogens is 1. The summed E-state index contributed by atoms with van der Waals surface area (Å²) >= 11 is 0. The van der Waals surface area contributed by atoms with Crippen LogP contribution in [0.5, 0.6) is 0 Å². The fourth-order valence-corrected chi connectivity index (χ4v) is 6.89. The van der Waals surface area contributed by atoms with E-state index in [1.165, 1.54) is 6.07 Å². The van der Waals surface area contributed by atoms with Crippen molar-refractivity contribution in [1.82, 2.24) is 4.98 Å². The Hall–Kier alpha value is -6.66. The van der Waals surface area contributed by atoms with Gasteiger partial charge in [0.1, 0.15) is 33.7 Å². The van der Waals surface area contributed by atoms with Gasteiger partial charge >= 0.3 is 0 Å². The van der Waals surface area contributed by atoms with Gasteiger partial charge in [0.2, 0.25) is 5.89 Å². The smallest absolute Gasteiger partial charge is 0.228 e. The Morgan fingerprint density at radius 1 is 0.469 bits per heavy atom. The molecule has 0 aliphatic heterocycles. The standard InChI is InChI=1S/C43H25FN2O3/c44-34-21-17-27(26-9-2-1-3-10-26)23-36(34)46(28-19-22-38-33(24-28)30-11-4-6-14-37(30)47-38)29-18-20-31-41(25-29)48-40-16-8-12-32(42(31)40)43-45-35-13-5-7-15-39(35)49-43/h1-25H. The Bertz CT molecular complexity index is 2830. The van der Waals surface area contributed by atoms with Crippen molar-refractivity contribution in [3.63, 3.8) is 0 Å². The summed E-state index contributed by atoms with van der Waals surface area (Å²) in [5, 5.41) is 3.76. The van der Waals surface area contributed by atoms with Crippen molar-refractivity contribution in [3.8, 4) is 22.6 Å². The van der Waals surface area contributed by atoms with Crippen molar-refractivity contribution >= 4 is 72.0 Å². The quantitative estimate of drug-likeness (QED) is 0.188. The van der Waals surface area contributed by atoms with E-state index < -0.39 is 0 Å². The molecule has 10 aromatic rings. The van der Waals surface area contributed by atoms with Crippen molar-refractivity contribution in [3.05, 3.63) is 157 Å². The monoisotopic (exact) mass is 636 g/mol. The van der Waals surface area contributed by atoms with E-state index in [4.69, 9.17) is 18.2 Å². The first kappa shape index (κ1) is 27.5. The van der Waals surface area contributed by atoms with Gasteiger partial charge in [0.15, 0.2) is 5.58 Å². The third-order valence-corrected chi connectivity index (χ3v) is 9.18. The van der Waals surface area contributed by atoms with Crippen LogP contribution in [0.3, 0.4) is 0 Å². The fourth-order valence-electron chi connectivity index (χ4n) is 6.89. The molecule has 0 saturated heterocycles. The summed E-state index contributed by atoms with van der Waals surface area (Å²) in [6, 6.07) is 48.8. The summed E-state index contributed by atoms with van der Waals surface area (Å²) in [5.41, 5.74) is 9.15. The molecule has 0 fully saturated rings. The zero-order chi connectivity index (χ0) is 32.5. The second-order valence-corrected chi connectivity index (χ2v) is 12.1. The van der Waals surface area contributed by atoms with Crippen molar-refractivity contribution in [1.29, 1.82) is 0 Å². The van der Waals surface area contributed by atoms with Crippen LogP contribution in [-0.4, -0.2) is 4.98 Å². The molecule has 0 aliphatic rings. The highest BCUT2D eigenvalue weighted by Crippen LogP contribution is 2.44. The van der Waals surface area contributed by atoms with Gasteiger partial charge in [-0.05, 0) is 83.9 Å². The van der Waals surface area contributed by atoms with Gasteiger partial charge in [-0.15, -0.1) is 0 Å². The zero-order valence-electron chi connectivity index (χ0n) is 25.9. The van der Waals surface area contributed by atoms with E-state index in [9.17, 15) is 0 Å². The van der Waals surface area contributed by atoms with E-state index >= 15 is 4.39 Å². The average molecular weight is 637 g/mol. The van der Waals surface area contributed by atoms with Crippen molar-refractivity contribution in [2.24, 2.45) is 0 Å². The van der Waals surface area contributed by atoms with Crippen molar-refractivity contribution in [2.45, 2.75) is 0 Å². The highest BCUT2D eigenvalue weighted by atomic mass is 19.1. The van der Waals surface area contributed by atoms with E-state index in [2.05, 4.69) is 6.07 Å². The second-order valence-electron chi connectivity index (χ2n) is 12.1. The minimum atomic E-state index is -0.347. The van der Waals surface area contributed by atoms with Crippen LogP contribution < -0.4 is 4.90 Å². The molecule has 0 bridgehead atoms. The molecule has 0 amide bonds. The summed E-state index contributed by atoms with van der Waals surface area (Å²) in [6.07, 6.45) is 0. The lowest BCUT2D eigenvalue weighted by Crippen LogP contribution is -2.11. The number of hydrogen-bond acceptors (Lipinski definition) is 5. The number of anilines is 3. The molecule has 0 aliphatic carbocycles. The Kier molecular flexibility index (Phi) is 5.99. The minimum absolute atomic E-state index is 0.347. The molecule has 0 unspecified atom stereocenters. The number of oxazole rings is 1. The molecule has 3 aromatic heterocycles. The Balaban J connectivity index is 1.19. The van der Waals surface area contributed by atoms with Crippen LogP contribution in [0, 0.1) is 5.82 Å². The maximum atomic E-state index is 16.1. The van der Waals surface area contributed by atoms with Crippen LogP contribution in [-0.2, 0) is 0 Å². The molecular formula is C43H25FN2O3. The van der Waals surface area contributed by atoms with Crippen LogP contribution in [0.4, 0.5) is 21.5 Å². The van der Waals surface area contributed by atoms with E-state index in [1.54, 1.807) is 0 Å². The lowest BCUT2D eigenvalue weighted by molar-refractivity contribution is 0.620. The van der Waals surface area contributed by atoms with Gasteiger partial charge in [-0.1, -0.05) is 72.8 Å². The maximum absolute atomic E-state index is 16.1. The lowest BCUT2D eigenvalue weighted by Gasteiger charge is -2.26. The Labute approximate surface area is 279 Å². The first-order chi connectivity index (χ1) is 24.2. The van der Waals surface area contributed by atoms with Gasteiger partial charge in [0, 0.05) is 44.5 Å². The number of rotatable bonds is 5. The highest BCUT2D eigenvalue weighted by Gasteiger charge is 2.22.